The van der Waals surface area contributed by atoms with Gasteiger partial charge >= 0.3 is 0 Å². The first-order valence-corrected chi connectivity index (χ1v) is 6.72. The van der Waals surface area contributed by atoms with E-state index in [2.05, 4.69) is 15.1 Å². The van der Waals surface area contributed by atoms with Gasteiger partial charge in [0.15, 0.2) is 0 Å². The Morgan fingerprint density at radius 3 is 2.53 bits per heavy atom. The highest BCUT2D eigenvalue weighted by atomic mass is 16.5. The van der Waals surface area contributed by atoms with Gasteiger partial charge in [-0.3, -0.25) is 9.80 Å². The van der Waals surface area contributed by atoms with Crippen LogP contribution in [-0.4, -0.2) is 86.1 Å². The number of nitrogens with zero attached hydrogens (tertiary/aromatic N) is 2. The zero-order valence-corrected chi connectivity index (χ0v) is 10.8. The largest absolute Gasteiger partial charge is 0.389 e. The van der Waals surface area contributed by atoms with Crippen molar-refractivity contribution < 1.29 is 9.84 Å². The summed E-state index contributed by atoms with van der Waals surface area (Å²) in [6.07, 6.45) is -0.341. The number of ether oxygens (including phenoxy) is 1. The molecule has 0 aromatic heterocycles. The first-order chi connectivity index (χ1) is 8.29. The molecule has 0 bridgehead atoms. The van der Waals surface area contributed by atoms with Crippen LogP contribution in [0.15, 0.2) is 0 Å². The van der Waals surface area contributed by atoms with E-state index in [1.54, 1.807) is 0 Å². The molecule has 2 aliphatic rings. The van der Waals surface area contributed by atoms with Crippen LogP contribution in [0.1, 0.15) is 6.92 Å². The third kappa shape index (κ3) is 3.89. The maximum atomic E-state index is 9.77. The van der Waals surface area contributed by atoms with Gasteiger partial charge in [-0.1, -0.05) is 0 Å². The molecule has 2 aliphatic heterocycles. The van der Waals surface area contributed by atoms with Crippen LogP contribution in [0.5, 0.6) is 0 Å². The average molecular weight is 243 g/mol. The highest BCUT2D eigenvalue weighted by molar-refractivity contribution is 4.87. The Balaban J connectivity index is 1.61. The Hall–Kier alpha value is -0.200. The van der Waals surface area contributed by atoms with E-state index < -0.39 is 0 Å². The van der Waals surface area contributed by atoms with Gasteiger partial charge in [-0.05, 0) is 6.92 Å². The second kappa shape index (κ2) is 6.66. The van der Waals surface area contributed by atoms with Crippen molar-refractivity contribution in [3.63, 3.8) is 0 Å². The summed E-state index contributed by atoms with van der Waals surface area (Å²) in [7, 11) is 0. The highest BCUT2D eigenvalue weighted by Gasteiger charge is 2.28. The van der Waals surface area contributed by atoms with Crippen LogP contribution < -0.4 is 5.32 Å². The lowest BCUT2D eigenvalue weighted by Crippen LogP contribution is -2.62. The molecule has 2 fully saturated rings. The Kier molecular flexibility index (Phi) is 5.18. The number of aliphatic hydroxyl groups is 1. The second-order valence-corrected chi connectivity index (χ2v) is 4.96. The molecule has 2 N–H and O–H groups in total. The summed E-state index contributed by atoms with van der Waals surface area (Å²) in [6, 6.07) is 0.755. The van der Waals surface area contributed by atoms with Crippen molar-refractivity contribution in [2.24, 2.45) is 0 Å². The van der Waals surface area contributed by atoms with Crippen molar-refractivity contribution in [1.82, 2.24) is 15.1 Å². The van der Waals surface area contributed by atoms with Gasteiger partial charge in [0.2, 0.25) is 0 Å². The summed E-state index contributed by atoms with van der Waals surface area (Å²) in [5.74, 6) is 0. The van der Waals surface area contributed by atoms with E-state index in [0.29, 0.717) is 13.2 Å². The summed E-state index contributed by atoms with van der Waals surface area (Å²) < 4.78 is 5.23. The number of aliphatic hydroxyl groups excluding tert-OH is 1. The van der Waals surface area contributed by atoms with Crippen molar-refractivity contribution in [1.29, 1.82) is 0 Å². The predicted octanol–water partition coefficient (Wildman–Crippen LogP) is -1.03. The third-order valence-electron chi connectivity index (χ3n) is 3.67. The van der Waals surface area contributed by atoms with Crippen LogP contribution in [0.3, 0.4) is 0 Å². The summed E-state index contributed by atoms with van der Waals surface area (Å²) in [6.45, 7) is 10.5. The molecule has 0 spiro atoms. The molecule has 5 nitrogen and oxygen atoms in total. The van der Waals surface area contributed by atoms with E-state index >= 15 is 0 Å². The number of rotatable bonds is 6. The van der Waals surface area contributed by atoms with Crippen LogP contribution >= 0.6 is 0 Å². The minimum atomic E-state index is -0.341. The predicted molar refractivity (Wildman–Crippen MR) is 67.2 cm³/mol. The molecule has 100 valence electrons. The van der Waals surface area contributed by atoms with Crippen molar-refractivity contribution >= 4 is 0 Å². The molecule has 0 aliphatic carbocycles. The van der Waals surface area contributed by atoms with Crippen LogP contribution in [0.4, 0.5) is 0 Å². The molecule has 0 aromatic carbocycles. The van der Waals surface area contributed by atoms with Gasteiger partial charge in [0.1, 0.15) is 0 Å². The van der Waals surface area contributed by atoms with Crippen molar-refractivity contribution in [2.75, 3.05) is 59.0 Å². The Bertz CT molecular complexity index is 216. The number of piperazine rings is 1. The van der Waals surface area contributed by atoms with Crippen LogP contribution in [0.25, 0.3) is 0 Å². The lowest BCUT2D eigenvalue weighted by molar-refractivity contribution is 0.00333. The molecule has 0 aromatic rings. The van der Waals surface area contributed by atoms with E-state index in [1.165, 1.54) is 0 Å². The summed E-state index contributed by atoms with van der Waals surface area (Å²) >= 11 is 0. The van der Waals surface area contributed by atoms with Gasteiger partial charge in [-0.15, -0.1) is 0 Å². The Morgan fingerprint density at radius 2 is 2.00 bits per heavy atom. The molecule has 0 amide bonds. The molecule has 1 atom stereocenters. The van der Waals surface area contributed by atoms with Crippen molar-refractivity contribution in [2.45, 2.75) is 19.1 Å². The first-order valence-electron chi connectivity index (χ1n) is 6.72. The molecule has 2 rings (SSSR count). The van der Waals surface area contributed by atoms with Gasteiger partial charge < -0.3 is 15.2 Å². The molecule has 1 unspecified atom stereocenters. The van der Waals surface area contributed by atoms with E-state index in [-0.39, 0.29) is 6.10 Å². The number of hydrogen-bond donors (Lipinski definition) is 2. The number of hydrogen-bond acceptors (Lipinski definition) is 5. The summed E-state index contributed by atoms with van der Waals surface area (Å²) in [4.78, 5) is 4.90. The van der Waals surface area contributed by atoms with Gasteiger partial charge in [0.05, 0.1) is 12.7 Å². The molecule has 2 saturated heterocycles. The minimum absolute atomic E-state index is 0.341. The molecule has 2 heterocycles. The molecule has 0 saturated carbocycles. The van der Waals surface area contributed by atoms with E-state index in [9.17, 15) is 5.11 Å². The lowest BCUT2D eigenvalue weighted by Gasteiger charge is -2.43. The van der Waals surface area contributed by atoms with Gasteiger partial charge in [0, 0.05) is 58.5 Å². The standard InChI is InChI=1S/C12H25N3O2/c1-2-17-10-12(16)9-14-3-5-15(6-4-14)11-7-13-8-11/h11-13,16H,2-10H2,1H3. The zero-order chi connectivity index (χ0) is 12.1. The quantitative estimate of drug-likeness (QED) is 0.625. The molecule has 5 heteroatoms. The van der Waals surface area contributed by atoms with Crippen LogP contribution in [-0.2, 0) is 4.74 Å². The van der Waals surface area contributed by atoms with E-state index in [4.69, 9.17) is 4.74 Å². The molecule has 0 radical (unpaired) electrons. The Morgan fingerprint density at radius 1 is 1.29 bits per heavy atom. The number of nitrogens with one attached hydrogen (secondary N) is 1. The van der Waals surface area contributed by atoms with Crippen LogP contribution in [0.2, 0.25) is 0 Å². The number of β-amino-alcohol motifs (C(OH)–C–C–N with tert-alkyl or cyclic N) is 1. The molecule has 17 heavy (non-hydrogen) atoms. The highest BCUT2D eigenvalue weighted by Crippen LogP contribution is 2.09. The van der Waals surface area contributed by atoms with Gasteiger partial charge in [-0.25, -0.2) is 0 Å². The van der Waals surface area contributed by atoms with E-state index in [0.717, 1.165) is 51.9 Å². The SMILES string of the molecule is CCOCC(O)CN1CCN(C2CNC2)CC1. The van der Waals surface area contributed by atoms with Crippen LogP contribution in [0, 0.1) is 0 Å². The second-order valence-electron chi connectivity index (χ2n) is 4.96. The monoisotopic (exact) mass is 243 g/mol. The van der Waals surface area contributed by atoms with Crippen molar-refractivity contribution in [3.05, 3.63) is 0 Å². The fourth-order valence-electron chi connectivity index (χ4n) is 2.45. The normalized spacial score (nSPS) is 25.8. The topological polar surface area (TPSA) is 48.0 Å². The van der Waals surface area contributed by atoms with E-state index in [1.807, 2.05) is 6.92 Å². The fourth-order valence-corrected chi connectivity index (χ4v) is 2.45. The first kappa shape index (κ1) is 13.2. The van der Waals surface area contributed by atoms with Gasteiger partial charge in [-0.2, -0.15) is 0 Å². The lowest BCUT2D eigenvalue weighted by atomic mass is 10.1. The smallest absolute Gasteiger partial charge is 0.0900 e. The molecular formula is C12H25N3O2. The average Bonchev–Trinajstić information content (AvgIpc) is 2.27. The molecular weight excluding hydrogens is 218 g/mol. The maximum Gasteiger partial charge on any atom is 0.0900 e. The fraction of sp³-hybridized carbons (Fsp3) is 1.00. The minimum Gasteiger partial charge on any atom is -0.389 e. The summed E-state index contributed by atoms with van der Waals surface area (Å²) in [5.41, 5.74) is 0. The van der Waals surface area contributed by atoms with Crippen molar-refractivity contribution in [3.8, 4) is 0 Å². The Labute approximate surface area is 104 Å². The zero-order valence-electron chi connectivity index (χ0n) is 10.8. The van der Waals surface area contributed by atoms with Gasteiger partial charge in [0.25, 0.3) is 0 Å². The maximum absolute atomic E-state index is 9.77. The summed E-state index contributed by atoms with van der Waals surface area (Å²) in [5, 5.41) is 13.1. The third-order valence-corrected chi connectivity index (χ3v) is 3.67.